The van der Waals surface area contributed by atoms with E-state index in [1.807, 2.05) is 13.0 Å². The highest BCUT2D eigenvalue weighted by Gasteiger charge is 2.28. The molecule has 8 heteroatoms. The molecule has 5 nitrogen and oxygen atoms in total. The summed E-state index contributed by atoms with van der Waals surface area (Å²) in [5.74, 6) is 2.78. The maximum atomic E-state index is 14.4. The van der Waals surface area contributed by atoms with E-state index in [9.17, 15) is 9.65 Å². The number of rotatable bonds is 3. The number of nitrogens with zero attached hydrogens (tertiary/aromatic N) is 4. The summed E-state index contributed by atoms with van der Waals surface area (Å²) in [5, 5.41) is 13.1. The summed E-state index contributed by atoms with van der Waals surface area (Å²) in [6.45, 7) is 1.86. The standard InChI is InChI=1S/C20H16BClFN5/c1-12-10-25-7-5-17(12)26-20-15-9-21(11-24)6-4-18(15)27-19(28-20)14-8-13(22)2-3-16(14)23/h2-3,5,7-8,10H,4,6,9H2,1H3,(H,25,26,27,28). The van der Waals surface area contributed by atoms with E-state index in [-0.39, 0.29) is 18.1 Å². The third kappa shape index (κ3) is 3.56. The van der Waals surface area contributed by atoms with Crippen molar-refractivity contribution in [3.05, 3.63) is 64.3 Å². The lowest BCUT2D eigenvalue weighted by Gasteiger charge is -2.22. The van der Waals surface area contributed by atoms with Crippen LogP contribution in [-0.2, 0) is 12.7 Å². The van der Waals surface area contributed by atoms with Crippen molar-refractivity contribution in [2.45, 2.75) is 26.0 Å². The first kappa shape index (κ1) is 18.4. The Morgan fingerprint density at radius 2 is 2.14 bits per heavy atom. The molecular weight excluding hydrogens is 376 g/mol. The molecule has 0 amide bonds. The number of halogens is 2. The molecule has 28 heavy (non-hydrogen) atoms. The molecule has 4 rings (SSSR count). The summed E-state index contributed by atoms with van der Waals surface area (Å²) in [4.78, 5) is 13.3. The fourth-order valence-corrected chi connectivity index (χ4v) is 3.53. The summed E-state index contributed by atoms with van der Waals surface area (Å²) >= 11 is 6.06. The second kappa shape index (κ2) is 7.57. The van der Waals surface area contributed by atoms with Gasteiger partial charge in [0, 0.05) is 40.3 Å². The summed E-state index contributed by atoms with van der Waals surface area (Å²) in [7, 11) is 0. The molecule has 0 radical (unpaired) electrons. The Bertz CT molecular complexity index is 1100. The first-order valence-electron chi connectivity index (χ1n) is 8.97. The number of anilines is 2. The highest BCUT2D eigenvalue weighted by atomic mass is 35.5. The first-order chi connectivity index (χ1) is 13.5. The highest BCUT2D eigenvalue weighted by molar-refractivity contribution is 6.66. The molecule has 138 valence electrons. The van der Waals surface area contributed by atoms with Gasteiger partial charge >= 0.3 is 0 Å². The van der Waals surface area contributed by atoms with E-state index in [0.717, 1.165) is 28.8 Å². The van der Waals surface area contributed by atoms with Gasteiger partial charge in [0.15, 0.2) is 5.82 Å². The molecule has 1 aliphatic rings. The summed E-state index contributed by atoms with van der Waals surface area (Å²) in [5.41, 5.74) is 3.81. The van der Waals surface area contributed by atoms with Crippen molar-refractivity contribution in [3.63, 3.8) is 0 Å². The van der Waals surface area contributed by atoms with Gasteiger partial charge in [0.05, 0.1) is 5.56 Å². The van der Waals surface area contributed by atoms with E-state index < -0.39 is 5.82 Å². The van der Waals surface area contributed by atoms with Gasteiger partial charge in [0.2, 0.25) is 0 Å². The van der Waals surface area contributed by atoms with Crippen LogP contribution in [0.25, 0.3) is 11.4 Å². The fraction of sp³-hybridized carbons (Fsp3) is 0.200. The Morgan fingerprint density at radius 1 is 1.29 bits per heavy atom. The van der Waals surface area contributed by atoms with Crippen LogP contribution in [0.2, 0.25) is 11.3 Å². The molecule has 0 bridgehead atoms. The predicted molar refractivity (Wildman–Crippen MR) is 108 cm³/mol. The number of pyridine rings is 1. The second-order valence-corrected chi connectivity index (χ2v) is 7.27. The number of nitriles is 1. The van der Waals surface area contributed by atoms with Gasteiger partial charge in [0.25, 0.3) is 6.71 Å². The van der Waals surface area contributed by atoms with E-state index in [2.05, 4.69) is 26.2 Å². The second-order valence-electron chi connectivity index (χ2n) is 6.83. The molecule has 0 atom stereocenters. The number of aromatic nitrogens is 3. The first-order valence-corrected chi connectivity index (χ1v) is 9.35. The number of benzene rings is 1. The maximum Gasteiger partial charge on any atom is 0.272 e. The minimum atomic E-state index is -0.430. The maximum absolute atomic E-state index is 14.4. The number of fused-ring (bicyclic) bond motifs is 1. The van der Waals surface area contributed by atoms with Crippen molar-refractivity contribution in [1.82, 2.24) is 15.0 Å². The van der Waals surface area contributed by atoms with Gasteiger partial charge in [-0.1, -0.05) is 17.9 Å². The molecule has 3 heterocycles. The van der Waals surface area contributed by atoms with Crippen LogP contribution in [0.1, 0.15) is 16.8 Å². The Morgan fingerprint density at radius 3 is 2.93 bits per heavy atom. The van der Waals surface area contributed by atoms with Gasteiger partial charge in [-0.15, -0.1) is 0 Å². The van der Waals surface area contributed by atoms with Crippen molar-refractivity contribution in [1.29, 1.82) is 5.26 Å². The SMILES string of the molecule is Cc1cnccc1Nc1nc(-c2cc(Cl)ccc2F)nc2c1CB(C#N)CC2. The van der Waals surface area contributed by atoms with Gasteiger partial charge < -0.3 is 5.32 Å². The monoisotopic (exact) mass is 391 g/mol. The van der Waals surface area contributed by atoms with Crippen LogP contribution >= 0.6 is 11.6 Å². The normalized spacial score (nSPS) is 13.0. The van der Waals surface area contributed by atoms with Crippen LogP contribution in [0.4, 0.5) is 15.9 Å². The van der Waals surface area contributed by atoms with Crippen molar-refractivity contribution in [3.8, 4) is 17.4 Å². The molecular formula is C20H16BClFN5. The lowest BCUT2D eigenvalue weighted by molar-refractivity contribution is 0.630. The van der Waals surface area contributed by atoms with E-state index in [1.165, 1.54) is 18.2 Å². The average molecular weight is 392 g/mol. The zero-order chi connectivity index (χ0) is 19.7. The number of hydrogen-bond donors (Lipinski definition) is 1. The summed E-state index contributed by atoms with van der Waals surface area (Å²) < 4.78 is 14.4. The van der Waals surface area contributed by atoms with E-state index >= 15 is 0 Å². The van der Waals surface area contributed by atoms with Crippen LogP contribution in [-0.4, -0.2) is 21.7 Å². The van der Waals surface area contributed by atoms with E-state index in [0.29, 0.717) is 23.6 Å². The van der Waals surface area contributed by atoms with Gasteiger partial charge in [-0.3, -0.25) is 4.98 Å². The van der Waals surface area contributed by atoms with E-state index in [1.54, 1.807) is 12.4 Å². The van der Waals surface area contributed by atoms with Gasteiger partial charge in [-0.2, -0.15) is 0 Å². The van der Waals surface area contributed by atoms with Gasteiger partial charge in [-0.25, -0.2) is 19.6 Å². The lowest BCUT2D eigenvalue weighted by Crippen LogP contribution is -2.24. The molecule has 1 aliphatic heterocycles. The Labute approximate surface area is 167 Å². The molecule has 1 N–H and O–H groups in total. The highest BCUT2D eigenvalue weighted by Crippen LogP contribution is 2.32. The third-order valence-corrected chi connectivity index (χ3v) is 5.13. The van der Waals surface area contributed by atoms with Crippen molar-refractivity contribution in [2.75, 3.05) is 5.32 Å². The molecule has 0 saturated heterocycles. The van der Waals surface area contributed by atoms with Crippen LogP contribution in [0.3, 0.4) is 0 Å². The molecule has 0 fully saturated rings. The Hall–Kier alpha value is -2.98. The third-order valence-electron chi connectivity index (χ3n) is 4.90. The zero-order valence-corrected chi connectivity index (χ0v) is 16.0. The zero-order valence-electron chi connectivity index (χ0n) is 15.2. The smallest absolute Gasteiger partial charge is 0.272 e. The van der Waals surface area contributed by atoms with Crippen LogP contribution in [0.15, 0.2) is 36.7 Å². The molecule has 0 saturated carbocycles. The van der Waals surface area contributed by atoms with Crippen LogP contribution in [0, 0.1) is 24.0 Å². The van der Waals surface area contributed by atoms with Crippen molar-refractivity contribution in [2.24, 2.45) is 0 Å². The van der Waals surface area contributed by atoms with E-state index in [4.69, 9.17) is 11.6 Å². The predicted octanol–water partition coefficient (Wildman–Crippen LogP) is 4.58. The molecule has 1 aromatic carbocycles. The van der Waals surface area contributed by atoms with Crippen LogP contribution in [0.5, 0.6) is 0 Å². The van der Waals surface area contributed by atoms with Crippen molar-refractivity contribution >= 4 is 29.8 Å². The van der Waals surface area contributed by atoms with Crippen LogP contribution < -0.4 is 5.32 Å². The molecule has 0 unspecified atom stereocenters. The fourth-order valence-electron chi connectivity index (χ4n) is 3.36. The lowest BCUT2D eigenvalue weighted by atomic mass is 9.42. The largest absolute Gasteiger partial charge is 0.340 e. The minimum Gasteiger partial charge on any atom is -0.340 e. The average Bonchev–Trinajstić information content (AvgIpc) is 2.71. The molecule has 0 aliphatic carbocycles. The quantitative estimate of drug-likeness (QED) is 0.662. The van der Waals surface area contributed by atoms with Crippen molar-refractivity contribution < 1.29 is 4.39 Å². The topological polar surface area (TPSA) is 74.5 Å². The van der Waals surface area contributed by atoms with Gasteiger partial charge in [-0.05, 0) is 49.5 Å². The number of nitrogens with one attached hydrogen (secondary N) is 1. The molecule has 0 spiro atoms. The number of aryl methyl sites for hydroxylation is 2. The van der Waals surface area contributed by atoms with Gasteiger partial charge in [0.1, 0.15) is 11.6 Å². The summed E-state index contributed by atoms with van der Waals surface area (Å²) in [6, 6.07) is 6.19. The summed E-state index contributed by atoms with van der Waals surface area (Å²) in [6.07, 6.45) is 5.39. The Kier molecular flexibility index (Phi) is 4.97. The minimum absolute atomic E-state index is 0.0797. The number of hydrogen-bond acceptors (Lipinski definition) is 5. The molecule has 2 aromatic heterocycles. The Balaban J connectivity index is 1.86. The molecule has 3 aromatic rings.